The van der Waals surface area contributed by atoms with Crippen LogP contribution < -0.4 is 4.68 Å². The molecule has 0 amide bonds. The molecule has 4 nitrogen and oxygen atoms in total. The molecular formula is C26H19F2N4+. The summed E-state index contributed by atoms with van der Waals surface area (Å²) in [5.41, 5.74) is 4.73. The Hall–Kier alpha value is -4.19. The van der Waals surface area contributed by atoms with Crippen LogP contribution in [-0.4, -0.2) is 15.1 Å². The van der Waals surface area contributed by atoms with Crippen molar-refractivity contribution < 1.29 is 13.5 Å². The minimum absolute atomic E-state index is 0.0897. The van der Waals surface area contributed by atoms with Crippen LogP contribution in [0.2, 0.25) is 0 Å². The number of benzene rings is 3. The van der Waals surface area contributed by atoms with E-state index in [1.807, 2.05) is 24.4 Å². The molecule has 5 aromatic rings. The summed E-state index contributed by atoms with van der Waals surface area (Å²) in [4.78, 5) is 7.40. The zero-order valence-electron chi connectivity index (χ0n) is 17.0. The van der Waals surface area contributed by atoms with Crippen LogP contribution in [0.4, 0.5) is 8.78 Å². The van der Waals surface area contributed by atoms with Crippen molar-refractivity contribution in [1.29, 1.82) is 0 Å². The Morgan fingerprint density at radius 3 is 2.38 bits per heavy atom. The highest BCUT2D eigenvalue weighted by Gasteiger charge is 2.16. The Bertz CT molecular complexity index is 1410. The number of nitrogens with zero attached hydrogens (tertiary/aromatic N) is 3. The van der Waals surface area contributed by atoms with E-state index in [0.29, 0.717) is 17.6 Å². The fourth-order valence-electron chi connectivity index (χ4n) is 3.49. The lowest BCUT2D eigenvalue weighted by atomic mass is 10.1. The maximum Gasteiger partial charge on any atom is 0.222 e. The van der Waals surface area contributed by atoms with Crippen molar-refractivity contribution in [3.63, 3.8) is 0 Å². The molecule has 156 valence electrons. The van der Waals surface area contributed by atoms with Crippen LogP contribution in [0.3, 0.4) is 0 Å². The molecule has 0 radical (unpaired) electrons. The SMILES string of the molecule is Fc1cccc(-c2nc3cn[n+](Cc4ccc(C=Cc5ccccc5)cc4)cc3[nH]2)c1F. The van der Waals surface area contributed by atoms with Gasteiger partial charge in [-0.25, -0.2) is 13.8 Å². The van der Waals surface area contributed by atoms with Gasteiger partial charge in [-0.1, -0.05) is 77.5 Å². The van der Waals surface area contributed by atoms with Gasteiger partial charge < -0.3 is 4.98 Å². The van der Waals surface area contributed by atoms with Crippen molar-refractivity contribution in [1.82, 2.24) is 15.1 Å². The predicted octanol–water partition coefficient (Wildman–Crippen LogP) is 5.41. The molecule has 5 rings (SSSR count). The molecule has 2 aromatic heterocycles. The van der Waals surface area contributed by atoms with E-state index in [2.05, 4.69) is 63.6 Å². The standard InChI is InChI=1S/C26H18F2N4/c27-22-8-4-7-21(25(22)28)26-30-23-15-29-32(17-24(23)31-26)16-20-13-11-19(12-14-20)10-9-18-5-2-1-3-6-18/h1-15,17H,16H2/p+1. The van der Waals surface area contributed by atoms with E-state index < -0.39 is 11.6 Å². The average molecular weight is 425 g/mol. The van der Waals surface area contributed by atoms with Gasteiger partial charge in [0.25, 0.3) is 0 Å². The number of hydrogen-bond donors (Lipinski definition) is 1. The summed E-state index contributed by atoms with van der Waals surface area (Å²) in [5.74, 6) is -1.56. The minimum Gasteiger partial charge on any atom is -0.333 e. The Labute approximate surface area is 183 Å². The van der Waals surface area contributed by atoms with Crippen LogP contribution in [-0.2, 0) is 6.54 Å². The molecule has 32 heavy (non-hydrogen) atoms. The number of rotatable bonds is 5. The maximum absolute atomic E-state index is 14.1. The lowest BCUT2D eigenvalue weighted by molar-refractivity contribution is -0.745. The van der Waals surface area contributed by atoms with Gasteiger partial charge in [0.1, 0.15) is 23.1 Å². The van der Waals surface area contributed by atoms with Gasteiger partial charge in [0.15, 0.2) is 18.2 Å². The molecule has 0 saturated carbocycles. The minimum atomic E-state index is -0.922. The van der Waals surface area contributed by atoms with Gasteiger partial charge in [0, 0.05) is 5.56 Å². The summed E-state index contributed by atoms with van der Waals surface area (Å²) in [6, 6.07) is 22.4. The van der Waals surface area contributed by atoms with Crippen molar-refractivity contribution in [3.05, 3.63) is 114 Å². The highest BCUT2D eigenvalue weighted by molar-refractivity contribution is 5.77. The number of aromatic amines is 1. The first-order chi connectivity index (χ1) is 15.7. The zero-order valence-corrected chi connectivity index (χ0v) is 17.0. The largest absolute Gasteiger partial charge is 0.333 e. The second-order valence-corrected chi connectivity index (χ2v) is 7.44. The second kappa shape index (κ2) is 8.51. The molecule has 0 spiro atoms. The summed E-state index contributed by atoms with van der Waals surface area (Å²) >= 11 is 0. The highest BCUT2D eigenvalue weighted by Crippen LogP contribution is 2.23. The van der Waals surface area contributed by atoms with Gasteiger partial charge in [-0.15, -0.1) is 0 Å². The molecular weight excluding hydrogens is 406 g/mol. The molecule has 0 saturated heterocycles. The van der Waals surface area contributed by atoms with E-state index in [1.54, 1.807) is 10.9 Å². The van der Waals surface area contributed by atoms with Crippen molar-refractivity contribution in [2.24, 2.45) is 0 Å². The second-order valence-electron chi connectivity index (χ2n) is 7.44. The molecule has 2 heterocycles. The van der Waals surface area contributed by atoms with Gasteiger partial charge in [0.2, 0.25) is 6.20 Å². The average Bonchev–Trinajstić information content (AvgIpc) is 3.24. The lowest BCUT2D eigenvalue weighted by Gasteiger charge is -1.99. The Morgan fingerprint density at radius 2 is 1.59 bits per heavy atom. The van der Waals surface area contributed by atoms with Crippen LogP contribution >= 0.6 is 0 Å². The topological polar surface area (TPSA) is 45.5 Å². The third-order valence-electron chi connectivity index (χ3n) is 5.17. The third kappa shape index (κ3) is 4.16. The molecule has 3 aromatic carbocycles. The lowest BCUT2D eigenvalue weighted by Crippen LogP contribution is -2.37. The van der Waals surface area contributed by atoms with Crippen LogP contribution in [0, 0.1) is 11.6 Å². The number of fused-ring (bicyclic) bond motifs is 1. The van der Waals surface area contributed by atoms with Crippen LogP contribution in [0.5, 0.6) is 0 Å². The molecule has 0 fully saturated rings. The summed E-state index contributed by atoms with van der Waals surface area (Å²) in [6.45, 7) is 0.571. The molecule has 0 aliphatic carbocycles. The zero-order chi connectivity index (χ0) is 21.9. The molecule has 0 bridgehead atoms. The molecule has 0 atom stereocenters. The fraction of sp³-hybridized carbons (Fsp3) is 0.0385. The molecule has 0 aliphatic rings. The van der Waals surface area contributed by atoms with Crippen molar-refractivity contribution >= 4 is 23.2 Å². The predicted molar refractivity (Wildman–Crippen MR) is 120 cm³/mol. The van der Waals surface area contributed by atoms with Crippen LogP contribution in [0.1, 0.15) is 16.7 Å². The van der Waals surface area contributed by atoms with Gasteiger partial charge in [-0.05, 0) is 28.4 Å². The smallest absolute Gasteiger partial charge is 0.222 e. The summed E-state index contributed by atoms with van der Waals surface area (Å²) in [7, 11) is 0. The van der Waals surface area contributed by atoms with Crippen molar-refractivity contribution in [2.45, 2.75) is 6.54 Å². The van der Waals surface area contributed by atoms with Gasteiger partial charge in [0.05, 0.1) is 5.56 Å². The number of hydrogen-bond acceptors (Lipinski definition) is 2. The van der Waals surface area contributed by atoms with Gasteiger partial charge in [-0.3, -0.25) is 0 Å². The first-order valence-electron chi connectivity index (χ1n) is 10.2. The fourth-order valence-corrected chi connectivity index (χ4v) is 3.49. The van der Waals surface area contributed by atoms with E-state index in [4.69, 9.17) is 0 Å². The van der Waals surface area contributed by atoms with E-state index in [9.17, 15) is 8.78 Å². The van der Waals surface area contributed by atoms with E-state index in [0.717, 1.165) is 22.8 Å². The van der Waals surface area contributed by atoms with E-state index >= 15 is 0 Å². The Morgan fingerprint density at radius 1 is 0.844 bits per heavy atom. The third-order valence-corrected chi connectivity index (χ3v) is 5.17. The Balaban J connectivity index is 1.34. The highest BCUT2D eigenvalue weighted by atomic mass is 19.2. The monoisotopic (exact) mass is 425 g/mol. The van der Waals surface area contributed by atoms with Crippen LogP contribution in [0.15, 0.2) is 85.2 Å². The number of aromatic nitrogens is 4. The molecule has 6 heteroatoms. The van der Waals surface area contributed by atoms with Crippen LogP contribution in [0.25, 0.3) is 34.6 Å². The summed E-state index contributed by atoms with van der Waals surface area (Å²) in [6.07, 6.45) is 7.58. The quantitative estimate of drug-likeness (QED) is 0.302. The van der Waals surface area contributed by atoms with E-state index in [-0.39, 0.29) is 11.4 Å². The maximum atomic E-state index is 14.1. The number of H-pyrrole nitrogens is 1. The molecule has 1 N–H and O–H groups in total. The summed E-state index contributed by atoms with van der Waals surface area (Å²) < 4.78 is 29.4. The first-order valence-corrected chi connectivity index (χ1v) is 10.2. The summed E-state index contributed by atoms with van der Waals surface area (Å²) in [5, 5.41) is 4.40. The Kier molecular flexibility index (Phi) is 5.25. The molecule has 0 aliphatic heterocycles. The van der Waals surface area contributed by atoms with Crippen molar-refractivity contribution in [3.8, 4) is 11.4 Å². The number of imidazole rings is 1. The van der Waals surface area contributed by atoms with Gasteiger partial charge in [-0.2, -0.15) is 0 Å². The van der Waals surface area contributed by atoms with Crippen molar-refractivity contribution in [2.75, 3.05) is 0 Å². The number of nitrogens with one attached hydrogen (secondary N) is 1. The molecule has 0 unspecified atom stereocenters. The normalized spacial score (nSPS) is 11.4. The van der Waals surface area contributed by atoms with E-state index in [1.165, 1.54) is 12.1 Å². The van der Waals surface area contributed by atoms with Gasteiger partial charge >= 0.3 is 0 Å². The first kappa shape index (κ1) is 19.8. The number of halogens is 2.